The molecule has 0 bridgehead atoms. The van der Waals surface area contributed by atoms with Gasteiger partial charge in [0.2, 0.25) is 5.90 Å². The van der Waals surface area contributed by atoms with E-state index >= 15 is 0 Å². The highest BCUT2D eigenvalue weighted by atomic mass is 16.7. The molecule has 0 unspecified atom stereocenters. The van der Waals surface area contributed by atoms with E-state index < -0.39 is 11.3 Å². The molecule has 5 heteroatoms. The van der Waals surface area contributed by atoms with Gasteiger partial charge in [-0.25, -0.2) is 9.79 Å². The van der Waals surface area contributed by atoms with Crippen LogP contribution < -0.4 is 0 Å². The molecule has 0 aromatic heterocycles. The van der Waals surface area contributed by atoms with Gasteiger partial charge in [-0.05, 0) is 32.4 Å². The summed E-state index contributed by atoms with van der Waals surface area (Å²) in [6.07, 6.45) is 0.582. The van der Waals surface area contributed by atoms with Crippen molar-refractivity contribution in [2.45, 2.75) is 37.7 Å². The Hall–Kier alpha value is -1.72. The summed E-state index contributed by atoms with van der Waals surface area (Å²) in [6, 6.07) is 9.50. The molecule has 1 saturated carbocycles. The minimum atomic E-state index is -0.750. The van der Waals surface area contributed by atoms with E-state index in [0.717, 1.165) is 5.56 Å². The molecule has 1 aromatic carbocycles. The van der Waals surface area contributed by atoms with Gasteiger partial charge in [-0.2, -0.15) is 0 Å². The van der Waals surface area contributed by atoms with Crippen molar-refractivity contribution in [3.05, 3.63) is 35.9 Å². The van der Waals surface area contributed by atoms with Crippen molar-refractivity contribution in [1.82, 2.24) is 0 Å². The number of nitrogens with zero attached hydrogens (tertiary/aromatic N) is 1. The Labute approximate surface area is 122 Å². The lowest BCUT2D eigenvalue weighted by Crippen LogP contribution is -2.28. The van der Waals surface area contributed by atoms with Gasteiger partial charge >= 0.3 is 5.97 Å². The molecule has 2 heterocycles. The fourth-order valence-corrected chi connectivity index (χ4v) is 3.12. The van der Waals surface area contributed by atoms with Crippen LogP contribution >= 0.6 is 0 Å². The highest BCUT2D eigenvalue weighted by molar-refractivity contribution is 6.09. The van der Waals surface area contributed by atoms with E-state index in [4.69, 9.17) is 14.2 Å². The van der Waals surface area contributed by atoms with Crippen LogP contribution in [0, 0.1) is 5.92 Å². The van der Waals surface area contributed by atoms with Gasteiger partial charge in [0.25, 0.3) is 0 Å². The molecule has 110 valence electrons. The Morgan fingerprint density at radius 2 is 2.00 bits per heavy atom. The molecule has 3 atom stereocenters. The highest BCUT2D eigenvalue weighted by Gasteiger charge is 2.69. The number of hydrogen-bond acceptors (Lipinski definition) is 5. The number of esters is 1. The molecular formula is C16H17NO4. The van der Waals surface area contributed by atoms with Crippen LogP contribution in [0.25, 0.3) is 0 Å². The van der Waals surface area contributed by atoms with Gasteiger partial charge in [0.1, 0.15) is 0 Å². The molecule has 0 amide bonds. The summed E-state index contributed by atoms with van der Waals surface area (Å²) in [5.74, 6) is -0.378. The summed E-state index contributed by atoms with van der Waals surface area (Å²) in [5.41, 5.74) is 0.0805. The summed E-state index contributed by atoms with van der Waals surface area (Å²) < 4.78 is 16.8. The third kappa shape index (κ3) is 2.00. The van der Waals surface area contributed by atoms with Crippen molar-refractivity contribution in [3.63, 3.8) is 0 Å². The highest BCUT2D eigenvalue weighted by Crippen LogP contribution is 2.55. The van der Waals surface area contributed by atoms with Gasteiger partial charge in [0.15, 0.2) is 11.3 Å². The topological polar surface area (TPSA) is 57.1 Å². The van der Waals surface area contributed by atoms with Gasteiger partial charge in [0.05, 0.1) is 12.7 Å². The van der Waals surface area contributed by atoms with E-state index in [2.05, 4.69) is 4.99 Å². The number of cyclic esters (lactones) is 1. The Bertz CT molecular complexity index is 624. The van der Waals surface area contributed by atoms with E-state index in [1.165, 1.54) is 0 Å². The number of aliphatic imine (C=N–C) groups is 1. The van der Waals surface area contributed by atoms with E-state index in [1.807, 2.05) is 44.2 Å². The molecule has 2 aliphatic heterocycles. The smallest absolute Gasteiger partial charge is 0.341 e. The average molecular weight is 287 g/mol. The van der Waals surface area contributed by atoms with E-state index in [9.17, 15) is 4.79 Å². The second kappa shape index (κ2) is 4.15. The number of hydrogen-bond donors (Lipinski definition) is 0. The van der Waals surface area contributed by atoms with Crippen molar-refractivity contribution in [3.8, 4) is 0 Å². The van der Waals surface area contributed by atoms with Crippen LogP contribution in [0.3, 0.4) is 0 Å². The number of ether oxygens (including phenoxy) is 3. The zero-order valence-electron chi connectivity index (χ0n) is 12.0. The SMILES string of the molecule is CC1(C)OC[C@H]([C@H]2C[C@]23N=C(c2ccccc2)OC3=O)O1. The second-order valence-electron chi connectivity index (χ2n) is 6.27. The zero-order chi connectivity index (χ0) is 14.7. The third-order valence-corrected chi connectivity index (χ3v) is 4.33. The molecule has 1 spiro atoms. The van der Waals surface area contributed by atoms with Crippen molar-refractivity contribution < 1.29 is 19.0 Å². The fourth-order valence-electron chi connectivity index (χ4n) is 3.12. The Balaban J connectivity index is 1.57. The summed E-state index contributed by atoms with van der Waals surface area (Å²) >= 11 is 0. The summed E-state index contributed by atoms with van der Waals surface area (Å²) in [7, 11) is 0. The van der Waals surface area contributed by atoms with Crippen LogP contribution in [-0.2, 0) is 19.0 Å². The quantitative estimate of drug-likeness (QED) is 0.780. The first kappa shape index (κ1) is 13.0. The van der Waals surface area contributed by atoms with Crippen molar-refractivity contribution in [2.75, 3.05) is 6.61 Å². The van der Waals surface area contributed by atoms with Gasteiger partial charge in [-0.3, -0.25) is 0 Å². The Kier molecular flexibility index (Phi) is 2.56. The summed E-state index contributed by atoms with van der Waals surface area (Å²) in [5, 5.41) is 0. The van der Waals surface area contributed by atoms with Crippen LogP contribution in [0.1, 0.15) is 25.8 Å². The molecule has 2 fully saturated rings. The molecule has 5 nitrogen and oxygen atoms in total. The Morgan fingerprint density at radius 1 is 1.24 bits per heavy atom. The molecule has 1 saturated heterocycles. The Morgan fingerprint density at radius 3 is 2.67 bits per heavy atom. The molecule has 0 radical (unpaired) electrons. The molecule has 3 aliphatic rings. The van der Waals surface area contributed by atoms with Gasteiger partial charge in [-0.1, -0.05) is 18.2 Å². The van der Waals surface area contributed by atoms with Crippen molar-refractivity contribution in [2.24, 2.45) is 10.9 Å². The lowest BCUT2D eigenvalue weighted by molar-refractivity contribution is -0.144. The zero-order valence-corrected chi connectivity index (χ0v) is 12.0. The van der Waals surface area contributed by atoms with Crippen LogP contribution in [0.4, 0.5) is 0 Å². The number of rotatable bonds is 2. The monoisotopic (exact) mass is 287 g/mol. The van der Waals surface area contributed by atoms with E-state index in [0.29, 0.717) is 18.9 Å². The maximum Gasteiger partial charge on any atom is 0.341 e. The lowest BCUT2D eigenvalue weighted by atomic mass is 10.1. The van der Waals surface area contributed by atoms with Crippen LogP contribution in [-0.4, -0.2) is 35.9 Å². The summed E-state index contributed by atoms with van der Waals surface area (Å²) in [4.78, 5) is 16.8. The van der Waals surface area contributed by atoms with Crippen LogP contribution in [0.5, 0.6) is 0 Å². The van der Waals surface area contributed by atoms with Gasteiger partial charge in [0, 0.05) is 11.5 Å². The number of carbonyl (C=O) groups excluding carboxylic acids is 1. The van der Waals surface area contributed by atoms with Crippen molar-refractivity contribution >= 4 is 11.9 Å². The standard InChI is InChI=1S/C16H17NO4/c1-15(2)19-9-12(21-15)11-8-16(11)14(18)20-13(17-16)10-6-4-3-5-7-10/h3-7,11-12H,8-9H2,1-2H3/t11-,12-,16+/m1/s1. The predicted molar refractivity (Wildman–Crippen MR) is 74.8 cm³/mol. The van der Waals surface area contributed by atoms with Crippen LogP contribution in [0.15, 0.2) is 35.3 Å². The first-order valence-electron chi connectivity index (χ1n) is 7.19. The minimum Gasteiger partial charge on any atom is -0.405 e. The molecular weight excluding hydrogens is 270 g/mol. The van der Waals surface area contributed by atoms with E-state index in [-0.39, 0.29) is 18.0 Å². The van der Waals surface area contributed by atoms with Crippen LogP contribution in [0.2, 0.25) is 0 Å². The van der Waals surface area contributed by atoms with Crippen molar-refractivity contribution in [1.29, 1.82) is 0 Å². The predicted octanol–water partition coefficient (Wildman–Crippen LogP) is 1.90. The molecule has 1 aromatic rings. The number of benzene rings is 1. The fraction of sp³-hybridized carbons (Fsp3) is 0.500. The average Bonchev–Trinajstić information content (AvgIpc) is 2.94. The molecule has 1 aliphatic carbocycles. The van der Waals surface area contributed by atoms with Gasteiger partial charge in [-0.15, -0.1) is 0 Å². The maximum atomic E-state index is 12.2. The molecule has 21 heavy (non-hydrogen) atoms. The lowest BCUT2D eigenvalue weighted by Gasteiger charge is -2.17. The first-order chi connectivity index (χ1) is 10.0. The summed E-state index contributed by atoms with van der Waals surface area (Å²) in [6.45, 7) is 4.27. The second-order valence-corrected chi connectivity index (χ2v) is 6.27. The maximum absolute atomic E-state index is 12.2. The third-order valence-electron chi connectivity index (χ3n) is 4.33. The molecule has 4 rings (SSSR count). The minimum absolute atomic E-state index is 0.0491. The van der Waals surface area contributed by atoms with Gasteiger partial charge < -0.3 is 14.2 Å². The molecule has 0 N–H and O–H groups in total. The normalized spacial score (nSPS) is 36.7. The van der Waals surface area contributed by atoms with E-state index in [1.54, 1.807) is 0 Å². The largest absolute Gasteiger partial charge is 0.405 e. The first-order valence-corrected chi connectivity index (χ1v) is 7.19. The number of carbonyl (C=O) groups is 1.